The fraction of sp³-hybridized carbons (Fsp3) is 0.583. The van der Waals surface area contributed by atoms with Crippen LogP contribution in [-0.2, 0) is 4.74 Å². The summed E-state index contributed by atoms with van der Waals surface area (Å²) in [6.45, 7) is 6.78. The SMILES string of the molecule is Cc1nc(NC2CCC(C)CC2)nc(OC2CCOC2)c1-c1ccc2c(c1)OCCO2. The maximum atomic E-state index is 6.34. The van der Waals surface area contributed by atoms with Gasteiger partial charge in [-0.3, -0.25) is 0 Å². The lowest BCUT2D eigenvalue weighted by molar-refractivity contribution is 0.138. The highest BCUT2D eigenvalue weighted by molar-refractivity contribution is 5.74. The third kappa shape index (κ3) is 4.56. The zero-order chi connectivity index (χ0) is 21.2. The van der Waals surface area contributed by atoms with Crippen molar-refractivity contribution in [2.75, 3.05) is 31.7 Å². The summed E-state index contributed by atoms with van der Waals surface area (Å²) in [6.07, 6.45) is 5.67. The summed E-state index contributed by atoms with van der Waals surface area (Å²) in [5.74, 6) is 3.57. The number of anilines is 1. The summed E-state index contributed by atoms with van der Waals surface area (Å²) in [5.41, 5.74) is 2.74. The van der Waals surface area contributed by atoms with Gasteiger partial charge >= 0.3 is 0 Å². The van der Waals surface area contributed by atoms with Gasteiger partial charge in [-0.2, -0.15) is 4.98 Å². The lowest BCUT2D eigenvalue weighted by Gasteiger charge is -2.27. The van der Waals surface area contributed by atoms with Crippen molar-refractivity contribution in [2.45, 2.75) is 58.1 Å². The van der Waals surface area contributed by atoms with Crippen LogP contribution in [0.5, 0.6) is 17.4 Å². The average molecular weight is 426 g/mol. The van der Waals surface area contributed by atoms with Crippen molar-refractivity contribution in [1.82, 2.24) is 9.97 Å². The van der Waals surface area contributed by atoms with E-state index in [9.17, 15) is 0 Å². The van der Waals surface area contributed by atoms with Crippen LogP contribution in [0.3, 0.4) is 0 Å². The van der Waals surface area contributed by atoms with Gasteiger partial charge in [0.1, 0.15) is 19.3 Å². The van der Waals surface area contributed by atoms with E-state index in [0.717, 1.165) is 60.1 Å². The normalized spacial score (nSPS) is 25.3. The summed E-state index contributed by atoms with van der Waals surface area (Å²) < 4.78 is 23.3. The Morgan fingerprint density at radius 3 is 2.55 bits per heavy atom. The standard InChI is InChI=1S/C24H31N3O4/c1-15-3-6-18(7-4-15)26-24-25-16(2)22(23(27-24)31-19-9-10-28-14-19)17-5-8-20-21(13-17)30-12-11-29-20/h5,8,13,15,18-19H,3-4,6-7,9-12,14H2,1-2H3,(H,25,26,27). The number of benzene rings is 1. The molecule has 7 nitrogen and oxygen atoms in total. The summed E-state index contributed by atoms with van der Waals surface area (Å²) in [4.78, 5) is 9.63. The Kier molecular flexibility index (Phi) is 5.85. The van der Waals surface area contributed by atoms with E-state index in [1.165, 1.54) is 12.8 Å². The summed E-state index contributed by atoms with van der Waals surface area (Å²) >= 11 is 0. The van der Waals surface area contributed by atoms with Crippen LogP contribution in [-0.4, -0.2) is 48.5 Å². The first-order valence-electron chi connectivity index (χ1n) is 11.5. The van der Waals surface area contributed by atoms with Crippen molar-refractivity contribution in [3.05, 3.63) is 23.9 Å². The number of fused-ring (bicyclic) bond motifs is 1. The van der Waals surface area contributed by atoms with Crippen LogP contribution in [0.4, 0.5) is 5.95 Å². The molecule has 2 fully saturated rings. The molecule has 3 aliphatic rings. The molecule has 0 amide bonds. The molecule has 0 spiro atoms. The van der Waals surface area contributed by atoms with Crippen LogP contribution in [0.15, 0.2) is 18.2 Å². The fourth-order valence-electron chi connectivity index (χ4n) is 4.58. The first-order valence-corrected chi connectivity index (χ1v) is 11.5. The van der Waals surface area contributed by atoms with E-state index in [0.29, 0.717) is 37.7 Å². The number of ether oxygens (including phenoxy) is 4. The number of nitrogens with zero attached hydrogens (tertiary/aromatic N) is 2. The number of nitrogens with one attached hydrogen (secondary N) is 1. The summed E-state index contributed by atoms with van der Waals surface area (Å²) in [5, 5.41) is 3.56. The van der Waals surface area contributed by atoms with Gasteiger partial charge in [-0.1, -0.05) is 13.0 Å². The van der Waals surface area contributed by atoms with Crippen LogP contribution in [0.2, 0.25) is 0 Å². The highest BCUT2D eigenvalue weighted by atomic mass is 16.6. The molecule has 0 bridgehead atoms. The van der Waals surface area contributed by atoms with Gasteiger partial charge in [-0.25, -0.2) is 4.98 Å². The average Bonchev–Trinajstić information content (AvgIpc) is 3.28. The maximum absolute atomic E-state index is 6.34. The molecule has 7 heteroatoms. The molecule has 5 rings (SSSR count). The van der Waals surface area contributed by atoms with E-state index >= 15 is 0 Å². The third-order valence-corrected chi connectivity index (χ3v) is 6.40. The van der Waals surface area contributed by atoms with Crippen molar-refractivity contribution in [3.8, 4) is 28.5 Å². The Balaban J connectivity index is 1.47. The van der Waals surface area contributed by atoms with Crippen molar-refractivity contribution in [3.63, 3.8) is 0 Å². The minimum absolute atomic E-state index is 0.00800. The van der Waals surface area contributed by atoms with E-state index < -0.39 is 0 Å². The van der Waals surface area contributed by atoms with Gasteiger partial charge in [-0.05, 0) is 56.2 Å². The molecular formula is C24H31N3O4. The van der Waals surface area contributed by atoms with Crippen LogP contribution in [0.25, 0.3) is 11.1 Å². The number of rotatable bonds is 5. The van der Waals surface area contributed by atoms with Gasteiger partial charge in [0.15, 0.2) is 11.5 Å². The Bertz CT molecular complexity index is 921. The van der Waals surface area contributed by atoms with Crippen LogP contribution < -0.4 is 19.5 Å². The molecule has 1 atom stereocenters. The molecule has 2 aliphatic heterocycles. The molecule has 1 aromatic carbocycles. The molecule has 1 N–H and O–H groups in total. The second kappa shape index (κ2) is 8.91. The van der Waals surface area contributed by atoms with Crippen molar-refractivity contribution in [1.29, 1.82) is 0 Å². The monoisotopic (exact) mass is 425 g/mol. The minimum atomic E-state index is 0.00800. The Morgan fingerprint density at radius 2 is 1.77 bits per heavy atom. The lowest BCUT2D eigenvalue weighted by Crippen LogP contribution is -2.26. The molecule has 1 saturated heterocycles. The quantitative estimate of drug-likeness (QED) is 0.762. The molecule has 1 saturated carbocycles. The summed E-state index contributed by atoms with van der Waals surface area (Å²) in [6, 6.07) is 6.38. The zero-order valence-corrected chi connectivity index (χ0v) is 18.4. The molecule has 1 aliphatic carbocycles. The van der Waals surface area contributed by atoms with E-state index in [2.05, 4.69) is 12.2 Å². The first-order chi connectivity index (χ1) is 15.2. The topological polar surface area (TPSA) is 74.7 Å². The number of hydrogen-bond donors (Lipinski definition) is 1. The van der Waals surface area contributed by atoms with Crippen LogP contribution in [0, 0.1) is 12.8 Å². The molecule has 1 unspecified atom stereocenters. The molecule has 1 aromatic heterocycles. The van der Waals surface area contributed by atoms with Gasteiger partial charge < -0.3 is 24.3 Å². The van der Waals surface area contributed by atoms with Crippen LogP contribution in [0.1, 0.15) is 44.7 Å². The number of aromatic nitrogens is 2. The Morgan fingerprint density at radius 1 is 0.968 bits per heavy atom. The largest absolute Gasteiger partial charge is 0.486 e. The maximum Gasteiger partial charge on any atom is 0.226 e. The minimum Gasteiger partial charge on any atom is -0.486 e. The molecule has 166 valence electrons. The van der Waals surface area contributed by atoms with Crippen molar-refractivity contribution in [2.24, 2.45) is 5.92 Å². The van der Waals surface area contributed by atoms with E-state index in [1.807, 2.05) is 25.1 Å². The van der Waals surface area contributed by atoms with Gasteiger partial charge in [0.25, 0.3) is 0 Å². The predicted octanol–water partition coefficient (Wildman–Crippen LogP) is 4.38. The van der Waals surface area contributed by atoms with E-state index in [-0.39, 0.29) is 6.10 Å². The lowest BCUT2D eigenvalue weighted by atomic mass is 9.87. The van der Waals surface area contributed by atoms with Crippen LogP contribution >= 0.6 is 0 Å². The second-order valence-electron chi connectivity index (χ2n) is 8.88. The molecule has 31 heavy (non-hydrogen) atoms. The zero-order valence-electron chi connectivity index (χ0n) is 18.4. The Labute approximate surface area is 183 Å². The molecule has 2 aromatic rings. The van der Waals surface area contributed by atoms with Gasteiger partial charge in [0, 0.05) is 12.5 Å². The predicted molar refractivity (Wildman–Crippen MR) is 118 cm³/mol. The Hall–Kier alpha value is -2.54. The smallest absolute Gasteiger partial charge is 0.226 e. The van der Waals surface area contributed by atoms with E-state index in [4.69, 9.17) is 28.9 Å². The molecule has 3 heterocycles. The molecule has 0 radical (unpaired) electrons. The second-order valence-corrected chi connectivity index (χ2v) is 8.88. The van der Waals surface area contributed by atoms with Gasteiger partial charge in [0.05, 0.1) is 24.5 Å². The van der Waals surface area contributed by atoms with E-state index in [1.54, 1.807) is 0 Å². The number of aryl methyl sites for hydroxylation is 1. The third-order valence-electron chi connectivity index (χ3n) is 6.40. The van der Waals surface area contributed by atoms with Crippen molar-refractivity contribution < 1.29 is 18.9 Å². The summed E-state index contributed by atoms with van der Waals surface area (Å²) in [7, 11) is 0. The highest BCUT2D eigenvalue weighted by Gasteiger charge is 2.25. The highest BCUT2D eigenvalue weighted by Crippen LogP contribution is 2.39. The van der Waals surface area contributed by atoms with Gasteiger partial charge in [-0.15, -0.1) is 0 Å². The first kappa shape index (κ1) is 20.4. The van der Waals surface area contributed by atoms with Gasteiger partial charge in [0.2, 0.25) is 11.8 Å². The van der Waals surface area contributed by atoms with Crippen molar-refractivity contribution >= 4 is 5.95 Å². The molecular weight excluding hydrogens is 394 g/mol. The number of hydrogen-bond acceptors (Lipinski definition) is 7. The fourth-order valence-corrected chi connectivity index (χ4v) is 4.58.